The van der Waals surface area contributed by atoms with Crippen molar-refractivity contribution in [1.82, 2.24) is 4.98 Å². The topological polar surface area (TPSA) is 42.0 Å². The molecule has 1 heterocycles. The molecule has 0 atom stereocenters. The number of nitrogens with one attached hydrogen (secondary N) is 1. The predicted molar refractivity (Wildman–Crippen MR) is 91.1 cm³/mol. The SMILES string of the molecule is Cc1cc(Cl)nc(Cl)c1NC(=O)c1ccc(I)c(Cl)c1. The largest absolute Gasteiger partial charge is 0.319 e. The number of hydrogen-bond donors (Lipinski definition) is 1. The van der Waals surface area contributed by atoms with Crippen LogP contribution < -0.4 is 5.32 Å². The highest BCUT2D eigenvalue weighted by Gasteiger charge is 2.13. The Balaban J connectivity index is 2.30. The average Bonchev–Trinajstić information content (AvgIpc) is 2.36. The zero-order valence-electron chi connectivity index (χ0n) is 10.2. The second kappa shape index (κ2) is 6.47. The van der Waals surface area contributed by atoms with Crippen molar-refractivity contribution in [2.75, 3.05) is 5.32 Å². The van der Waals surface area contributed by atoms with Crippen molar-refractivity contribution in [2.45, 2.75) is 6.92 Å². The van der Waals surface area contributed by atoms with E-state index in [-0.39, 0.29) is 16.2 Å². The lowest BCUT2D eigenvalue weighted by molar-refractivity contribution is 0.102. The minimum atomic E-state index is -0.308. The summed E-state index contributed by atoms with van der Waals surface area (Å²) in [5.74, 6) is -0.308. The molecule has 20 heavy (non-hydrogen) atoms. The van der Waals surface area contributed by atoms with Gasteiger partial charge in [0.1, 0.15) is 5.15 Å². The summed E-state index contributed by atoms with van der Waals surface area (Å²) in [4.78, 5) is 16.1. The molecule has 104 valence electrons. The molecule has 3 nitrogen and oxygen atoms in total. The van der Waals surface area contributed by atoms with Crippen LogP contribution in [0, 0.1) is 10.5 Å². The van der Waals surface area contributed by atoms with Crippen molar-refractivity contribution in [3.63, 3.8) is 0 Å². The standard InChI is InChI=1S/C13H8Cl3IN2O/c1-6-4-10(15)18-12(16)11(6)19-13(20)7-2-3-9(17)8(14)5-7/h2-5H,1H3,(H,19,20). The van der Waals surface area contributed by atoms with Gasteiger partial charge < -0.3 is 5.32 Å². The molecule has 1 N–H and O–H groups in total. The van der Waals surface area contributed by atoms with Gasteiger partial charge in [0.25, 0.3) is 5.91 Å². The van der Waals surface area contributed by atoms with E-state index in [1.807, 2.05) is 0 Å². The summed E-state index contributed by atoms with van der Waals surface area (Å²) in [5, 5.41) is 3.67. The van der Waals surface area contributed by atoms with Crippen LogP contribution in [0.25, 0.3) is 0 Å². The molecule has 1 amide bonds. The van der Waals surface area contributed by atoms with Crippen LogP contribution in [0.5, 0.6) is 0 Å². The summed E-state index contributed by atoms with van der Waals surface area (Å²) in [6.07, 6.45) is 0. The lowest BCUT2D eigenvalue weighted by Gasteiger charge is -2.10. The molecular weight excluding hydrogens is 433 g/mol. The third kappa shape index (κ3) is 3.55. The van der Waals surface area contributed by atoms with Gasteiger partial charge in [-0.05, 0) is 59.3 Å². The van der Waals surface area contributed by atoms with Crippen LogP contribution in [-0.2, 0) is 0 Å². The smallest absolute Gasteiger partial charge is 0.255 e. The first-order chi connectivity index (χ1) is 9.38. The highest BCUT2D eigenvalue weighted by atomic mass is 127. The Morgan fingerprint density at radius 2 is 1.95 bits per heavy atom. The number of rotatable bonds is 2. The van der Waals surface area contributed by atoms with Crippen LogP contribution in [0.15, 0.2) is 24.3 Å². The average molecular weight is 441 g/mol. The normalized spacial score (nSPS) is 10.4. The number of benzene rings is 1. The number of aromatic nitrogens is 1. The number of anilines is 1. The van der Waals surface area contributed by atoms with Crippen molar-refractivity contribution >= 4 is 69.0 Å². The maximum Gasteiger partial charge on any atom is 0.255 e. The molecule has 0 spiro atoms. The predicted octanol–water partition coefficient (Wildman–Crippen LogP) is 5.21. The zero-order valence-corrected chi connectivity index (χ0v) is 14.6. The summed E-state index contributed by atoms with van der Waals surface area (Å²) in [6, 6.07) is 6.69. The number of carbonyl (C=O) groups is 1. The quantitative estimate of drug-likeness (QED) is 0.514. The number of pyridine rings is 1. The van der Waals surface area contributed by atoms with E-state index in [1.165, 1.54) is 0 Å². The van der Waals surface area contributed by atoms with Crippen LogP contribution >= 0.6 is 57.4 Å². The van der Waals surface area contributed by atoms with Crippen LogP contribution in [0.2, 0.25) is 15.3 Å². The third-order valence-corrected chi connectivity index (χ3v) is 4.60. The third-order valence-electron chi connectivity index (χ3n) is 2.56. The van der Waals surface area contributed by atoms with Gasteiger partial charge in [0.15, 0.2) is 5.15 Å². The summed E-state index contributed by atoms with van der Waals surface area (Å²) in [5.41, 5.74) is 1.62. The van der Waals surface area contributed by atoms with Gasteiger partial charge in [-0.25, -0.2) is 4.98 Å². The highest BCUT2D eigenvalue weighted by molar-refractivity contribution is 14.1. The Morgan fingerprint density at radius 3 is 2.55 bits per heavy atom. The molecule has 0 aliphatic heterocycles. The Morgan fingerprint density at radius 1 is 1.25 bits per heavy atom. The first-order valence-corrected chi connectivity index (χ1v) is 7.69. The lowest BCUT2D eigenvalue weighted by atomic mass is 10.2. The van der Waals surface area contributed by atoms with Gasteiger partial charge in [-0.15, -0.1) is 0 Å². The van der Waals surface area contributed by atoms with Crippen LogP contribution in [0.1, 0.15) is 15.9 Å². The van der Waals surface area contributed by atoms with Crippen molar-refractivity contribution < 1.29 is 4.79 Å². The molecule has 2 aromatic rings. The van der Waals surface area contributed by atoms with Gasteiger partial charge in [0, 0.05) is 9.13 Å². The number of halogens is 4. The minimum absolute atomic E-state index is 0.153. The Labute approximate surface area is 144 Å². The van der Waals surface area contributed by atoms with Crippen molar-refractivity contribution in [3.05, 3.63) is 54.3 Å². The molecule has 7 heteroatoms. The molecule has 0 saturated carbocycles. The minimum Gasteiger partial charge on any atom is -0.319 e. The van der Waals surface area contributed by atoms with E-state index in [0.717, 1.165) is 9.13 Å². The van der Waals surface area contributed by atoms with Crippen molar-refractivity contribution in [3.8, 4) is 0 Å². The van der Waals surface area contributed by atoms with E-state index >= 15 is 0 Å². The van der Waals surface area contributed by atoms with E-state index in [1.54, 1.807) is 31.2 Å². The molecule has 0 radical (unpaired) electrons. The number of carbonyl (C=O) groups excluding carboxylic acids is 1. The molecule has 0 bridgehead atoms. The lowest BCUT2D eigenvalue weighted by Crippen LogP contribution is -2.13. The number of aryl methyl sites for hydroxylation is 1. The molecule has 0 aliphatic rings. The summed E-state index contributed by atoms with van der Waals surface area (Å²) < 4.78 is 0.878. The zero-order chi connectivity index (χ0) is 14.9. The molecular formula is C13H8Cl3IN2O. The summed E-state index contributed by atoms with van der Waals surface area (Å²) >= 11 is 19.9. The van der Waals surface area contributed by atoms with E-state index in [2.05, 4.69) is 32.9 Å². The van der Waals surface area contributed by atoms with Crippen LogP contribution in [0.4, 0.5) is 5.69 Å². The first-order valence-electron chi connectivity index (χ1n) is 5.47. The maximum absolute atomic E-state index is 12.2. The highest BCUT2D eigenvalue weighted by Crippen LogP contribution is 2.27. The van der Waals surface area contributed by atoms with Crippen molar-refractivity contribution in [2.24, 2.45) is 0 Å². The Kier molecular flexibility index (Phi) is 5.12. The maximum atomic E-state index is 12.2. The molecule has 0 saturated heterocycles. The van der Waals surface area contributed by atoms with Gasteiger partial charge in [-0.1, -0.05) is 34.8 Å². The fourth-order valence-corrected chi connectivity index (χ4v) is 2.66. The molecule has 1 aromatic carbocycles. The number of hydrogen-bond acceptors (Lipinski definition) is 2. The fraction of sp³-hybridized carbons (Fsp3) is 0.0769. The number of amides is 1. The van der Waals surface area contributed by atoms with Gasteiger partial charge in [0.2, 0.25) is 0 Å². The Hall–Kier alpha value is -0.560. The monoisotopic (exact) mass is 440 g/mol. The second-order valence-corrected chi connectivity index (χ2v) is 6.33. The molecule has 2 rings (SSSR count). The molecule has 0 unspecified atom stereocenters. The van der Waals surface area contributed by atoms with Gasteiger partial charge in [0.05, 0.1) is 10.7 Å². The van der Waals surface area contributed by atoms with Crippen LogP contribution in [0.3, 0.4) is 0 Å². The molecule has 0 fully saturated rings. The van der Waals surface area contributed by atoms with Crippen molar-refractivity contribution in [1.29, 1.82) is 0 Å². The van der Waals surface area contributed by atoms with E-state index < -0.39 is 0 Å². The van der Waals surface area contributed by atoms with E-state index in [9.17, 15) is 4.79 Å². The fourth-order valence-electron chi connectivity index (χ4n) is 1.57. The first kappa shape index (κ1) is 15.8. The second-order valence-electron chi connectivity index (χ2n) is 4.01. The number of nitrogens with zero attached hydrogens (tertiary/aromatic N) is 1. The van der Waals surface area contributed by atoms with Crippen LogP contribution in [-0.4, -0.2) is 10.9 Å². The van der Waals surface area contributed by atoms with E-state index in [0.29, 0.717) is 16.3 Å². The molecule has 1 aromatic heterocycles. The molecule has 0 aliphatic carbocycles. The van der Waals surface area contributed by atoms with E-state index in [4.69, 9.17) is 34.8 Å². The van der Waals surface area contributed by atoms with Gasteiger partial charge in [-0.3, -0.25) is 4.79 Å². The van der Waals surface area contributed by atoms with Gasteiger partial charge in [-0.2, -0.15) is 0 Å². The summed E-state index contributed by atoms with van der Waals surface area (Å²) in [7, 11) is 0. The summed E-state index contributed by atoms with van der Waals surface area (Å²) in [6.45, 7) is 1.79. The van der Waals surface area contributed by atoms with Gasteiger partial charge >= 0.3 is 0 Å². The Bertz CT molecular complexity index is 668.